The molecule has 0 aliphatic rings. The van der Waals surface area contributed by atoms with Gasteiger partial charge in [-0.3, -0.25) is 0 Å². The first-order valence-electron chi connectivity index (χ1n) is 6.12. The van der Waals surface area contributed by atoms with Crippen LogP contribution in [0, 0.1) is 11.2 Å². The maximum Gasteiger partial charge on any atom is 0.123 e. The zero-order valence-electron chi connectivity index (χ0n) is 12.0. The zero-order valence-corrected chi connectivity index (χ0v) is 12.9. The minimum atomic E-state index is -0.213. The standard InChI is InChI=1S/C15H22FNS/c1-14(2,3)13(17-18-15(4,5)6)11-7-9-12(16)10-8-11/h7-10H,1-6H3/b17-13-. The van der Waals surface area contributed by atoms with Crippen LogP contribution < -0.4 is 0 Å². The highest BCUT2D eigenvalue weighted by Gasteiger charge is 2.22. The van der Waals surface area contributed by atoms with Gasteiger partial charge in [0.1, 0.15) is 5.82 Å². The molecule has 1 aromatic carbocycles. The minimum absolute atomic E-state index is 0.0594. The van der Waals surface area contributed by atoms with Crippen LogP contribution in [0.2, 0.25) is 0 Å². The van der Waals surface area contributed by atoms with Gasteiger partial charge in [0.25, 0.3) is 0 Å². The first-order valence-corrected chi connectivity index (χ1v) is 6.89. The first kappa shape index (κ1) is 15.2. The summed E-state index contributed by atoms with van der Waals surface area (Å²) in [6.07, 6.45) is 0. The summed E-state index contributed by atoms with van der Waals surface area (Å²) in [7, 11) is 0. The molecule has 100 valence electrons. The summed E-state index contributed by atoms with van der Waals surface area (Å²) in [4.78, 5) is 0. The van der Waals surface area contributed by atoms with Crippen LogP contribution in [-0.2, 0) is 0 Å². The lowest BCUT2D eigenvalue weighted by Crippen LogP contribution is -2.22. The fourth-order valence-corrected chi connectivity index (χ4v) is 2.16. The highest BCUT2D eigenvalue weighted by Crippen LogP contribution is 2.30. The summed E-state index contributed by atoms with van der Waals surface area (Å²) in [5.74, 6) is -0.213. The van der Waals surface area contributed by atoms with E-state index in [2.05, 4.69) is 45.9 Å². The lowest BCUT2D eigenvalue weighted by molar-refractivity contribution is 0.592. The predicted octanol–water partition coefficient (Wildman–Crippen LogP) is 5.11. The van der Waals surface area contributed by atoms with Crippen molar-refractivity contribution < 1.29 is 4.39 Å². The average Bonchev–Trinajstić information content (AvgIpc) is 2.17. The van der Waals surface area contributed by atoms with Gasteiger partial charge in [-0.25, -0.2) is 8.79 Å². The number of halogens is 1. The van der Waals surface area contributed by atoms with E-state index in [0.717, 1.165) is 11.3 Å². The van der Waals surface area contributed by atoms with E-state index in [9.17, 15) is 4.39 Å². The van der Waals surface area contributed by atoms with Crippen molar-refractivity contribution in [2.24, 2.45) is 9.81 Å². The Kier molecular flexibility index (Phi) is 4.60. The van der Waals surface area contributed by atoms with Crippen LogP contribution in [0.5, 0.6) is 0 Å². The van der Waals surface area contributed by atoms with Gasteiger partial charge in [-0.05, 0) is 50.4 Å². The van der Waals surface area contributed by atoms with Crippen molar-refractivity contribution in [3.63, 3.8) is 0 Å². The zero-order chi connectivity index (χ0) is 14.0. The Labute approximate surface area is 114 Å². The molecule has 0 fully saturated rings. The highest BCUT2D eigenvalue weighted by molar-refractivity contribution is 7.99. The maximum absolute atomic E-state index is 13.0. The molecule has 0 unspecified atom stereocenters. The number of nitrogens with zero attached hydrogens (tertiary/aromatic N) is 1. The van der Waals surface area contributed by atoms with E-state index in [4.69, 9.17) is 0 Å². The van der Waals surface area contributed by atoms with E-state index in [1.54, 1.807) is 24.1 Å². The third-order valence-electron chi connectivity index (χ3n) is 2.24. The van der Waals surface area contributed by atoms with Crippen LogP contribution >= 0.6 is 11.9 Å². The molecule has 0 aliphatic carbocycles. The van der Waals surface area contributed by atoms with E-state index < -0.39 is 0 Å². The molecule has 0 amide bonds. The topological polar surface area (TPSA) is 12.4 Å². The van der Waals surface area contributed by atoms with E-state index in [-0.39, 0.29) is 16.0 Å². The van der Waals surface area contributed by atoms with Crippen LogP contribution in [0.15, 0.2) is 28.7 Å². The summed E-state index contributed by atoms with van der Waals surface area (Å²) in [6, 6.07) is 6.56. The molecule has 3 heteroatoms. The van der Waals surface area contributed by atoms with E-state index in [0.29, 0.717) is 0 Å². The fourth-order valence-electron chi connectivity index (χ4n) is 1.41. The second kappa shape index (κ2) is 5.43. The monoisotopic (exact) mass is 267 g/mol. The molecule has 0 radical (unpaired) electrons. The van der Waals surface area contributed by atoms with Gasteiger partial charge < -0.3 is 0 Å². The summed E-state index contributed by atoms with van der Waals surface area (Å²) in [5, 5.41) is 0. The Hall–Kier alpha value is -0.830. The largest absolute Gasteiger partial charge is 0.219 e. The van der Waals surface area contributed by atoms with Gasteiger partial charge in [0.2, 0.25) is 0 Å². The molecule has 0 aliphatic heterocycles. The molecule has 0 bridgehead atoms. The van der Waals surface area contributed by atoms with Crippen LogP contribution in [-0.4, -0.2) is 10.5 Å². The number of hydrogen-bond acceptors (Lipinski definition) is 2. The average molecular weight is 267 g/mol. The molecule has 1 rings (SSSR count). The summed E-state index contributed by atoms with van der Waals surface area (Å²) >= 11 is 1.56. The molecule has 0 saturated heterocycles. The summed E-state index contributed by atoms with van der Waals surface area (Å²) in [5.41, 5.74) is 1.93. The lowest BCUT2D eigenvalue weighted by atomic mass is 9.86. The smallest absolute Gasteiger partial charge is 0.123 e. The van der Waals surface area contributed by atoms with Crippen molar-refractivity contribution in [2.75, 3.05) is 0 Å². The van der Waals surface area contributed by atoms with Gasteiger partial charge >= 0.3 is 0 Å². The molecule has 0 spiro atoms. The summed E-state index contributed by atoms with van der Waals surface area (Å²) < 4.78 is 17.7. The second-order valence-electron chi connectivity index (χ2n) is 6.40. The highest BCUT2D eigenvalue weighted by atomic mass is 32.2. The molecule has 1 nitrogen and oxygen atoms in total. The predicted molar refractivity (Wildman–Crippen MR) is 79.7 cm³/mol. The normalized spacial score (nSPS) is 13.8. The molecular weight excluding hydrogens is 245 g/mol. The molecule has 0 N–H and O–H groups in total. The van der Waals surface area contributed by atoms with Gasteiger partial charge in [0.15, 0.2) is 0 Å². The molecule has 1 aromatic rings. The third-order valence-corrected chi connectivity index (χ3v) is 3.06. The van der Waals surface area contributed by atoms with E-state index in [1.807, 2.05) is 0 Å². The molecule has 0 saturated carbocycles. The molecule has 18 heavy (non-hydrogen) atoms. The van der Waals surface area contributed by atoms with E-state index in [1.165, 1.54) is 12.1 Å². The van der Waals surface area contributed by atoms with Crippen molar-refractivity contribution in [3.05, 3.63) is 35.6 Å². The Morgan fingerprint density at radius 3 is 1.89 bits per heavy atom. The molecule has 0 aromatic heterocycles. The van der Waals surface area contributed by atoms with Crippen molar-refractivity contribution in [1.82, 2.24) is 0 Å². The molecule has 0 heterocycles. The van der Waals surface area contributed by atoms with Gasteiger partial charge in [0.05, 0.1) is 5.71 Å². The second-order valence-corrected chi connectivity index (χ2v) is 7.99. The Morgan fingerprint density at radius 2 is 1.50 bits per heavy atom. The van der Waals surface area contributed by atoms with Gasteiger partial charge in [-0.15, -0.1) is 0 Å². The molecule has 0 atom stereocenters. The number of hydrogen-bond donors (Lipinski definition) is 0. The van der Waals surface area contributed by atoms with Gasteiger partial charge in [-0.2, -0.15) is 0 Å². The SMILES string of the molecule is CC(C)(C)S/N=C(/c1ccc(F)cc1)C(C)(C)C. The first-order chi connectivity index (χ1) is 8.09. The summed E-state index contributed by atoms with van der Waals surface area (Å²) in [6.45, 7) is 12.8. The van der Waals surface area contributed by atoms with Crippen molar-refractivity contribution >= 4 is 17.7 Å². The van der Waals surface area contributed by atoms with Gasteiger partial charge in [-0.1, -0.05) is 32.9 Å². The van der Waals surface area contributed by atoms with Crippen molar-refractivity contribution in [2.45, 2.75) is 46.3 Å². The van der Waals surface area contributed by atoms with Crippen molar-refractivity contribution in [1.29, 1.82) is 0 Å². The van der Waals surface area contributed by atoms with E-state index >= 15 is 0 Å². The Balaban J connectivity index is 3.11. The Bertz CT molecular complexity index is 421. The number of benzene rings is 1. The quantitative estimate of drug-likeness (QED) is 0.536. The third kappa shape index (κ3) is 4.81. The fraction of sp³-hybridized carbons (Fsp3) is 0.533. The maximum atomic E-state index is 13.0. The van der Waals surface area contributed by atoms with Crippen LogP contribution in [0.3, 0.4) is 0 Å². The van der Waals surface area contributed by atoms with Crippen LogP contribution in [0.4, 0.5) is 4.39 Å². The number of rotatable bonds is 2. The van der Waals surface area contributed by atoms with Crippen molar-refractivity contribution in [3.8, 4) is 0 Å². The Morgan fingerprint density at radius 1 is 1.00 bits per heavy atom. The molecular formula is C15H22FNS. The minimum Gasteiger partial charge on any atom is -0.219 e. The van der Waals surface area contributed by atoms with Gasteiger partial charge in [0, 0.05) is 10.2 Å². The van der Waals surface area contributed by atoms with Crippen LogP contribution in [0.1, 0.15) is 47.1 Å². The lowest BCUT2D eigenvalue weighted by Gasteiger charge is -2.23. The van der Waals surface area contributed by atoms with Crippen LogP contribution in [0.25, 0.3) is 0 Å².